The lowest BCUT2D eigenvalue weighted by Crippen LogP contribution is -2.51. The van der Waals surface area contributed by atoms with Gasteiger partial charge in [0.25, 0.3) is 5.91 Å². The largest absolute Gasteiger partial charge is 0.343 e. The molecule has 0 radical (unpaired) electrons. The van der Waals surface area contributed by atoms with Gasteiger partial charge >= 0.3 is 0 Å². The van der Waals surface area contributed by atoms with Gasteiger partial charge < -0.3 is 4.90 Å². The maximum atomic E-state index is 13.0. The third-order valence-electron chi connectivity index (χ3n) is 8.23. The molecule has 39 heavy (non-hydrogen) atoms. The molecule has 0 atom stereocenters. The Morgan fingerprint density at radius 1 is 0.897 bits per heavy atom. The lowest BCUT2D eigenvalue weighted by atomic mass is 9.89. The molecule has 4 amide bonds. The summed E-state index contributed by atoms with van der Waals surface area (Å²) in [6, 6.07) is 13.9. The highest BCUT2D eigenvalue weighted by molar-refractivity contribution is 6.30. The van der Waals surface area contributed by atoms with E-state index < -0.39 is 0 Å². The number of imide groups is 1. The predicted octanol–water partition coefficient (Wildman–Crippen LogP) is 5.65. The van der Waals surface area contributed by atoms with Crippen molar-refractivity contribution in [3.05, 3.63) is 69.7 Å². The standard InChI is InChI=1S/C31H36ClN3O4/c32-26-9-5-8-24(20-26)23-15-17-33(18-16-23)28(36)10-4-2-1-3-7-22-13-14-25-21-34(31(39)27(25)19-22)35-29(37)11-6-12-30(35)38/h5,8-9,13-14,19-20,23H,1-4,6-7,10-12,15-18,21H2. The smallest absolute Gasteiger partial charge is 0.273 e. The van der Waals surface area contributed by atoms with E-state index in [1.807, 2.05) is 41.3 Å². The monoisotopic (exact) mass is 549 g/mol. The van der Waals surface area contributed by atoms with E-state index >= 15 is 0 Å². The first kappa shape index (κ1) is 27.4. The van der Waals surface area contributed by atoms with Gasteiger partial charge in [0.1, 0.15) is 0 Å². The van der Waals surface area contributed by atoms with Crippen molar-refractivity contribution in [3.8, 4) is 0 Å². The molecule has 0 aromatic heterocycles. The van der Waals surface area contributed by atoms with E-state index in [2.05, 4.69) is 6.07 Å². The van der Waals surface area contributed by atoms with Crippen LogP contribution in [0.2, 0.25) is 5.02 Å². The zero-order valence-electron chi connectivity index (χ0n) is 22.4. The lowest BCUT2D eigenvalue weighted by molar-refractivity contribution is -0.163. The molecule has 0 aliphatic carbocycles. The van der Waals surface area contributed by atoms with Crippen molar-refractivity contribution >= 4 is 35.2 Å². The Hall–Kier alpha value is -3.19. The summed E-state index contributed by atoms with van der Waals surface area (Å²) in [5, 5.41) is 3.12. The number of nitrogens with zero attached hydrogens (tertiary/aromatic N) is 3. The molecule has 5 rings (SSSR count). The van der Waals surface area contributed by atoms with Crippen molar-refractivity contribution in [2.45, 2.75) is 83.1 Å². The number of fused-ring (bicyclic) bond motifs is 1. The van der Waals surface area contributed by atoms with Crippen LogP contribution in [0.4, 0.5) is 0 Å². The van der Waals surface area contributed by atoms with Gasteiger partial charge in [-0.1, -0.05) is 48.7 Å². The van der Waals surface area contributed by atoms with Gasteiger partial charge in [-0.3, -0.25) is 19.2 Å². The summed E-state index contributed by atoms with van der Waals surface area (Å²) < 4.78 is 0. The van der Waals surface area contributed by atoms with Crippen LogP contribution in [-0.4, -0.2) is 51.6 Å². The van der Waals surface area contributed by atoms with Crippen molar-refractivity contribution < 1.29 is 19.2 Å². The Morgan fingerprint density at radius 3 is 2.38 bits per heavy atom. The third kappa shape index (κ3) is 6.35. The fraction of sp³-hybridized carbons (Fsp3) is 0.484. The molecule has 8 heteroatoms. The van der Waals surface area contributed by atoms with E-state index in [0.29, 0.717) is 37.2 Å². The number of hydrogen-bond acceptors (Lipinski definition) is 4. The number of aryl methyl sites for hydroxylation is 1. The number of hydrogen-bond donors (Lipinski definition) is 0. The number of likely N-dealkylation sites (tertiary alicyclic amines) is 1. The number of unbranched alkanes of at least 4 members (excludes halogenated alkanes) is 3. The zero-order chi connectivity index (χ0) is 27.4. The molecule has 2 aromatic rings. The van der Waals surface area contributed by atoms with Gasteiger partial charge in [-0.2, -0.15) is 5.01 Å². The molecule has 0 spiro atoms. The van der Waals surface area contributed by atoms with Crippen molar-refractivity contribution in [2.75, 3.05) is 13.1 Å². The van der Waals surface area contributed by atoms with E-state index in [1.165, 1.54) is 10.6 Å². The molecule has 2 aromatic carbocycles. The Kier molecular flexibility index (Phi) is 8.66. The van der Waals surface area contributed by atoms with Crippen LogP contribution in [0.25, 0.3) is 0 Å². The van der Waals surface area contributed by atoms with Crippen LogP contribution < -0.4 is 0 Å². The molecule has 0 saturated carbocycles. The first-order valence-corrected chi connectivity index (χ1v) is 14.6. The van der Waals surface area contributed by atoms with Crippen LogP contribution in [0.5, 0.6) is 0 Å². The van der Waals surface area contributed by atoms with Crippen molar-refractivity contribution in [2.24, 2.45) is 0 Å². The molecule has 2 saturated heterocycles. The second kappa shape index (κ2) is 12.3. The van der Waals surface area contributed by atoms with E-state index in [1.54, 1.807) is 0 Å². The Morgan fingerprint density at radius 2 is 1.64 bits per heavy atom. The molecular weight excluding hydrogens is 514 g/mol. The third-order valence-corrected chi connectivity index (χ3v) is 8.46. The van der Waals surface area contributed by atoms with Gasteiger partial charge in [-0.25, -0.2) is 5.01 Å². The highest BCUT2D eigenvalue weighted by Crippen LogP contribution is 2.30. The van der Waals surface area contributed by atoms with Crippen LogP contribution >= 0.6 is 11.6 Å². The number of hydrazine groups is 1. The van der Waals surface area contributed by atoms with Crippen LogP contribution in [0, 0.1) is 0 Å². The minimum absolute atomic E-state index is 0.256. The normalized spacial score (nSPS) is 18.2. The second-order valence-corrected chi connectivity index (χ2v) is 11.4. The number of benzene rings is 2. The average Bonchev–Trinajstić information content (AvgIpc) is 3.25. The van der Waals surface area contributed by atoms with Gasteiger partial charge in [-0.15, -0.1) is 0 Å². The first-order chi connectivity index (χ1) is 18.9. The number of carbonyl (C=O) groups excluding carboxylic acids is 4. The fourth-order valence-electron chi connectivity index (χ4n) is 6.00. The van der Waals surface area contributed by atoms with E-state index in [4.69, 9.17) is 11.6 Å². The fourth-order valence-corrected chi connectivity index (χ4v) is 6.20. The quantitative estimate of drug-likeness (QED) is 0.299. The summed E-state index contributed by atoms with van der Waals surface area (Å²) in [4.78, 5) is 52.2. The molecular formula is C31H36ClN3O4. The summed E-state index contributed by atoms with van der Waals surface area (Å²) in [5.74, 6) is -0.140. The molecule has 206 valence electrons. The number of amides is 4. The molecule has 0 N–H and O–H groups in total. The van der Waals surface area contributed by atoms with Crippen molar-refractivity contribution in [1.29, 1.82) is 0 Å². The first-order valence-electron chi connectivity index (χ1n) is 14.2. The zero-order valence-corrected chi connectivity index (χ0v) is 23.1. The predicted molar refractivity (Wildman–Crippen MR) is 149 cm³/mol. The van der Waals surface area contributed by atoms with E-state index in [-0.39, 0.29) is 30.2 Å². The van der Waals surface area contributed by atoms with Gasteiger partial charge in [-0.05, 0) is 79.3 Å². The number of halogens is 1. The van der Waals surface area contributed by atoms with Crippen LogP contribution in [0.1, 0.15) is 97.2 Å². The summed E-state index contributed by atoms with van der Waals surface area (Å²) in [6.07, 6.45) is 8.46. The highest BCUT2D eigenvalue weighted by Gasteiger charge is 2.39. The van der Waals surface area contributed by atoms with Gasteiger partial charge in [0.05, 0.1) is 6.54 Å². The summed E-state index contributed by atoms with van der Waals surface area (Å²) in [5.41, 5.74) is 3.79. The molecule has 0 unspecified atom stereocenters. The van der Waals surface area contributed by atoms with Crippen molar-refractivity contribution in [1.82, 2.24) is 14.9 Å². The SMILES string of the molecule is O=C(CCCCCCc1ccc2c(c1)C(=O)N(N1C(=O)CCCC1=O)C2)N1CCC(c2cccc(Cl)c2)CC1. The Labute approximate surface area is 235 Å². The lowest BCUT2D eigenvalue weighted by Gasteiger charge is -2.32. The maximum absolute atomic E-state index is 13.0. The van der Waals surface area contributed by atoms with Crippen LogP contribution in [0.3, 0.4) is 0 Å². The molecule has 3 heterocycles. The Balaban J connectivity index is 1.01. The van der Waals surface area contributed by atoms with Gasteiger partial charge in [0.15, 0.2) is 0 Å². The molecule has 3 aliphatic rings. The highest BCUT2D eigenvalue weighted by atomic mass is 35.5. The molecule has 2 fully saturated rings. The summed E-state index contributed by atoms with van der Waals surface area (Å²) in [6.45, 7) is 1.88. The van der Waals surface area contributed by atoms with E-state index in [0.717, 1.165) is 79.2 Å². The molecule has 7 nitrogen and oxygen atoms in total. The topological polar surface area (TPSA) is 78.0 Å². The summed E-state index contributed by atoms with van der Waals surface area (Å²) in [7, 11) is 0. The van der Waals surface area contributed by atoms with Crippen LogP contribution in [0.15, 0.2) is 42.5 Å². The van der Waals surface area contributed by atoms with Crippen LogP contribution in [-0.2, 0) is 27.3 Å². The van der Waals surface area contributed by atoms with Gasteiger partial charge in [0.2, 0.25) is 17.7 Å². The molecule has 3 aliphatic heterocycles. The average molecular weight is 550 g/mol. The maximum Gasteiger partial charge on any atom is 0.273 e. The van der Waals surface area contributed by atoms with E-state index in [9.17, 15) is 19.2 Å². The van der Waals surface area contributed by atoms with Gasteiger partial charge in [0, 0.05) is 42.9 Å². The summed E-state index contributed by atoms with van der Waals surface area (Å²) >= 11 is 6.14. The number of carbonyl (C=O) groups is 4. The Bertz CT molecular complexity index is 1240. The molecule has 0 bridgehead atoms. The number of rotatable bonds is 9. The van der Waals surface area contributed by atoms with Crippen molar-refractivity contribution in [3.63, 3.8) is 0 Å². The second-order valence-electron chi connectivity index (χ2n) is 10.9. The number of piperidine rings is 2. The minimum atomic E-state index is -0.298. The minimum Gasteiger partial charge on any atom is -0.343 e.